The predicted molar refractivity (Wildman–Crippen MR) is 166 cm³/mol. The summed E-state index contributed by atoms with van der Waals surface area (Å²) in [6, 6.07) is 35.0. The van der Waals surface area contributed by atoms with Crippen LogP contribution >= 0.6 is 22.6 Å². The highest BCUT2D eigenvalue weighted by Crippen LogP contribution is 2.35. The van der Waals surface area contributed by atoms with Crippen molar-refractivity contribution in [3.63, 3.8) is 0 Å². The van der Waals surface area contributed by atoms with E-state index in [9.17, 15) is 4.79 Å². The Morgan fingerprint density at radius 3 is 2.20 bits per heavy atom. The molecule has 1 amide bonds. The standard InChI is InChI=1S/C34H30IN3O2/c1-40-30-17-15-24(16-18-30)22-37(34(39)31-13-7-8-14-32(31)35)23-29-21-36-33(25-9-3-2-4-10-25)38(29)28-19-26-11-5-6-12-27(26)20-28/h2-18,21,28H,19-20,22-23H2,1H3. The van der Waals surface area contributed by atoms with Crippen molar-refractivity contribution in [3.05, 3.63) is 141 Å². The summed E-state index contributed by atoms with van der Waals surface area (Å²) >= 11 is 2.25. The summed E-state index contributed by atoms with van der Waals surface area (Å²) in [5.74, 6) is 1.75. The smallest absolute Gasteiger partial charge is 0.255 e. The molecule has 1 aromatic heterocycles. The van der Waals surface area contributed by atoms with Crippen LogP contribution in [0.15, 0.2) is 109 Å². The molecular formula is C34H30IN3O2. The molecule has 5 aromatic rings. The molecule has 0 atom stereocenters. The number of carbonyl (C=O) groups excluding carboxylic acids is 1. The van der Waals surface area contributed by atoms with Crippen LogP contribution < -0.4 is 4.74 Å². The Hall–Kier alpha value is -3.91. The first-order valence-electron chi connectivity index (χ1n) is 13.5. The lowest BCUT2D eigenvalue weighted by atomic mass is 10.1. The Bertz CT molecular complexity index is 1600. The fourth-order valence-electron chi connectivity index (χ4n) is 5.59. The van der Waals surface area contributed by atoms with Gasteiger partial charge in [0.05, 0.1) is 31.1 Å². The van der Waals surface area contributed by atoms with Crippen molar-refractivity contribution in [2.75, 3.05) is 7.11 Å². The molecule has 4 aromatic carbocycles. The molecule has 1 aliphatic carbocycles. The zero-order chi connectivity index (χ0) is 27.5. The Balaban J connectivity index is 1.40. The fraction of sp³-hybridized carbons (Fsp3) is 0.176. The lowest BCUT2D eigenvalue weighted by Gasteiger charge is -2.26. The lowest BCUT2D eigenvalue weighted by molar-refractivity contribution is 0.0724. The Kier molecular flexibility index (Phi) is 7.68. The molecule has 0 aliphatic heterocycles. The van der Waals surface area contributed by atoms with Gasteiger partial charge in [-0.2, -0.15) is 0 Å². The Labute approximate surface area is 248 Å². The normalized spacial score (nSPS) is 12.8. The number of ether oxygens (including phenoxy) is 1. The lowest BCUT2D eigenvalue weighted by Crippen LogP contribution is -2.32. The summed E-state index contributed by atoms with van der Waals surface area (Å²) in [5.41, 5.74) is 6.63. The SMILES string of the molecule is COc1ccc(CN(Cc2cnc(-c3ccccc3)n2C2Cc3ccccc3C2)C(=O)c2ccccc2I)cc1. The van der Waals surface area contributed by atoms with Crippen molar-refractivity contribution >= 4 is 28.5 Å². The van der Waals surface area contributed by atoms with Gasteiger partial charge in [-0.3, -0.25) is 4.79 Å². The van der Waals surface area contributed by atoms with E-state index >= 15 is 0 Å². The number of halogens is 1. The van der Waals surface area contributed by atoms with Gasteiger partial charge >= 0.3 is 0 Å². The van der Waals surface area contributed by atoms with Gasteiger partial charge in [-0.1, -0.05) is 78.9 Å². The van der Waals surface area contributed by atoms with Gasteiger partial charge in [0.15, 0.2) is 0 Å². The summed E-state index contributed by atoms with van der Waals surface area (Å²) < 4.78 is 8.67. The van der Waals surface area contributed by atoms with E-state index in [1.165, 1.54) is 11.1 Å². The number of carbonyl (C=O) groups is 1. The summed E-state index contributed by atoms with van der Waals surface area (Å²) in [6.07, 6.45) is 3.85. The maximum atomic E-state index is 14.1. The summed E-state index contributed by atoms with van der Waals surface area (Å²) in [5, 5.41) is 0. The van der Waals surface area contributed by atoms with Crippen LogP contribution in [0.5, 0.6) is 5.75 Å². The minimum atomic E-state index is 0.00420. The number of hydrogen-bond donors (Lipinski definition) is 0. The van der Waals surface area contributed by atoms with E-state index in [1.807, 2.05) is 77.8 Å². The molecule has 40 heavy (non-hydrogen) atoms. The summed E-state index contributed by atoms with van der Waals surface area (Å²) in [6.45, 7) is 0.924. The number of rotatable bonds is 8. The Morgan fingerprint density at radius 1 is 0.875 bits per heavy atom. The molecule has 0 bridgehead atoms. The van der Waals surface area contributed by atoms with Gasteiger partial charge in [-0.25, -0.2) is 4.98 Å². The molecule has 1 heterocycles. The van der Waals surface area contributed by atoms with E-state index in [2.05, 4.69) is 63.6 Å². The predicted octanol–water partition coefficient (Wildman–Crippen LogP) is 7.35. The van der Waals surface area contributed by atoms with Crippen molar-refractivity contribution in [1.82, 2.24) is 14.5 Å². The number of methoxy groups -OCH3 is 1. The number of nitrogens with zero attached hydrogens (tertiary/aromatic N) is 3. The van der Waals surface area contributed by atoms with E-state index in [1.54, 1.807) is 7.11 Å². The number of benzene rings is 4. The molecule has 5 nitrogen and oxygen atoms in total. The van der Waals surface area contributed by atoms with Gasteiger partial charge in [-0.05, 0) is 76.4 Å². The second-order valence-electron chi connectivity index (χ2n) is 10.1. The van der Waals surface area contributed by atoms with E-state index in [4.69, 9.17) is 9.72 Å². The fourth-order valence-corrected chi connectivity index (χ4v) is 6.21. The van der Waals surface area contributed by atoms with Crippen LogP contribution in [-0.4, -0.2) is 27.5 Å². The van der Waals surface area contributed by atoms with Crippen LogP contribution in [0.1, 0.15) is 38.8 Å². The van der Waals surface area contributed by atoms with Gasteiger partial charge in [0.25, 0.3) is 5.91 Å². The zero-order valence-electron chi connectivity index (χ0n) is 22.3. The highest BCUT2D eigenvalue weighted by Gasteiger charge is 2.29. The van der Waals surface area contributed by atoms with Gasteiger partial charge < -0.3 is 14.2 Å². The molecule has 0 radical (unpaired) electrons. The quantitative estimate of drug-likeness (QED) is 0.167. The molecule has 6 rings (SSSR count). The number of fused-ring (bicyclic) bond motifs is 1. The number of imidazole rings is 1. The maximum absolute atomic E-state index is 14.1. The average Bonchev–Trinajstić information content (AvgIpc) is 3.61. The molecule has 1 aliphatic rings. The third kappa shape index (κ3) is 5.41. The zero-order valence-corrected chi connectivity index (χ0v) is 24.5. The third-order valence-electron chi connectivity index (χ3n) is 7.58. The molecule has 0 N–H and O–H groups in total. The van der Waals surface area contributed by atoms with Crippen molar-refractivity contribution in [1.29, 1.82) is 0 Å². The van der Waals surface area contributed by atoms with Crippen LogP contribution in [0.2, 0.25) is 0 Å². The molecule has 6 heteroatoms. The number of amides is 1. The largest absolute Gasteiger partial charge is 0.497 e. The van der Waals surface area contributed by atoms with E-state index in [0.29, 0.717) is 18.7 Å². The van der Waals surface area contributed by atoms with E-state index in [-0.39, 0.29) is 11.9 Å². The third-order valence-corrected chi connectivity index (χ3v) is 8.52. The van der Waals surface area contributed by atoms with Crippen molar-refractivity contribution < 1.29 is 9.53 Å². The van der Waals surface area contributed by atoms with Crippen LogP contribution in [0.25, 0.3) is 11.4 Å². The first kappa shape index (κ1) is 26.3. The van der Waals surface area contributed by atoms with Gasteiger partial charge in [0.2, 0.25) is 0 Å². The highest BCUT2D eigenvalue weighted by atomic mass is 127. The molecule has 0 unspecified atom stereocenters. The van der Waals surface area contributed by atoms with E-state index in [0.717, 1.165) is 44.8 Å². The maximum Gasteiger partial charge on any atom is 0.255 e. The van der Waals surface area contributed by atoms with Gasteiger partial charge in [0, 0.05) is 21.7 Å². The second-order valence-corrected chi connectivity index (χ2v) is 11.3. The van der Waals surface area contributed by atoms with Gasteiger partial charge in [0.1, 0.15) is 11.6 Å². The first-order chi connectivity index (χ1) is 19.6. The topological polar surface area (TPSA) is 47.4 Å². The molecule has 200 valence electrons. The van der Waals surface area contributed by atoms with Crippen LogP contribution in [-0.2, 0) is 25.9 Å². The molecule has 0 spiro atoms. The number of aromatic nitrogens is 2. The summed E-state index contributed by atoms with van der Waals surface area (Å²) in [4.78, 5) is 20.9. The van der Waals surface area contributed by atoms with E-state index < -0.39 is 0 Å². The van der Waals surface area contributed by atoms with Crippen molar-refractivity contribution in [2.24, 2.45) is 0 Å². The minimum Gasteiger partial charge on any atom is -0.497 e. The summed E-state index contributed by atoms with van der Waals surface area (Å²) in [7, 11) is 1.66. The average molecular weight is 640 g/mol. The first-order valence-corrected chi connectivity index (χ1v) is 14.5. The van der Waals surface area contributed by atoms with Crippen molar-refractivity contribution in [2.45, 2.75) is 32.0 Å². The monoisotopic (exact) mass is 639 g/mol. The minimum absolute atomic E-state index is 0.00420. The molecule has 0 saturated carbocycles. The molecule has 0 fully saturated rings. The Morgan fingerprint density at radius 2 is 1.52 bits per heavy atom. The van der Waals surface area contributed by atoms with Crippen LogP contribution in [0, 0.1) is 3.57 Å². The molecular weight excluding hydrogens is 609 g/mol. The number of hydrogen-bond acceptors (Lipinski definition) is 3. The van der Waals surface area contributed by atoms with Gasteiger partial charge in [-0.15, -0.1) is 0 Å². The highest BCUT2D eigenvalue weighted by molar-refractivity contribution is 14.1. The second kappa shape index (κ2) is 11.7. The van der Waals surface area contributed by atoms with Crippen LogP contribution in [0.4, 0.5) is 0 Å². The van der Waals surface area contributed by atoms with Crippen LogP contribution in [0.3, 0.4) is 0 Å². The molecule has 0 saturated heterocycles. The van der Waals surface area contributed by atoms with Crippen molar-refractivity contribution in [3.8, 4) is 17.1 Å².